The van der Waals surface area contributed by atoms with E-state index in [-0.39, 0.29) is 12.3 Å². The van der Waals surface area contributed by atoms with E-state index in [1.165, 1.54) is 0 Å². The van der Waals surface area contributed by atoms with E-state index in [2.05, 4.69) is 22.4 Å². The first-order valence-corrected chi connectivity index (χ1v) is 14.4. The van der Waals surface area contributed by atoms with Gasteiger partial charge in [0.25, 0.3) is 0 Å². The van der Waals surface area contributed by atoms with Gasteiger partial charge in [-0.05, 0) is 51.9 Å². The summed E-state index contributed by atoms with van der Waals surface area (Å²) in [5, 5.41) is 18.0. The lowest BCUT2D eigenvalue weighted by molar-refractivity contribution is -0.139. The maximum absolute atomic E-state index is 12.6. The molecule has 1 amide bonds. The summed E-state index contributed by atoms with van der Waals surface area (Å²) in [5.41, 5.74) is 0.238. The molecule has 2 saturated heterocycles. The number of rotatable bonds is 8. The Bertz CT molecular complexity index is 651. The lowest BCUT2D eigenvalue weighted by Crippen LogP contribution is -2.49. The molecule has 0 atom stereocenters. The Labute approximate surface area is 221 Å². The SMILES string of the molecule is CC.CC.CC.CC.CN(CCc1ccnn1CC=O)C1CCN(C(=O)CC2(O)CCNCC2)CC1. The molecule has 2 aliphatic heterocycles. The van der Waals surface area contributed by atoms with Gasteiger partial charge in [0.2, 0.25) is 5.91 Å². The third kappa shape index (κ3) is 13.0. The van der Waals surface area contributed by atoms with Crippen molar-refractivity contribution in [3.8, 4) is 0 Å². The molecule has 2 fully saturated rings. The van der Waals surface area contributed by atoms with Crippen molar-refractivity contribution in [1.29, 1.82) is 0 Å². The minimum atomic E-state index is -0.833. The highest BCUT2D eigenvalue weighted by Crippen LogP contribution is 2.25. The van der Waals surface area contributed by atoms with Crippen LogP contribution in [0.5, 0.6) is 0 Å². The fourth-order valence-corrected chi connectivity index (χ4v) is 4.30. The molecule has 8 nitrogen and oxygen atoms in total. The van der Waals surface area contributed by atoms with E-state index in [4.69, 9.17) is 0 Å². The van der Waals surface area contributed by atoms with Crippen LogP contribution in [0.2, 0.25) is 0 Å². The van der Waals surface area contributed by atoms with Crippen LogP contribution in [0, 0.1) is 0 Å². The van der Waals surface area contributed by atoms with E-state index in [1.54, 1.807) is 10.9 Å². The number of likely N-dealkylation sites (tertiary alicyclic amines) is 1. The average Bonchev–Trinajstić information content (AvgIpc) is 3.39. The fourth-order valence-electron chi connectivity index (χ4n) is 4.30. The Morgan fingerprint density at radius 1 is 1.11 bits per heavy atom. The van der Waals surface area contributed by atoms with Crippen LogP contribution in [0.15, 0.2) is 12.3 Å². The van der Waals surface area contributed by atoms with E-state index in [1.807, 2.05) is 66.4 Å². The summed E-state index contributed by atoms with van der Waals surface area (Å²) in [7, 11) is 2.13. The summed E-state index contributed by atoms with van der Waals surface area (Å²) in [6, 6.07) is 2.41. The normalized spacial score (nSPS) is 16.6. The number of aldehydes is 1. The van der Waals surface area contributed by atoms with Gasteiger partial charge in [0, 0.05) is 44.0 Å². The number of hydrogen-bond donors (Lipinski definition) is 2. The number of likely N-dealkylation sites (N-methyl/N-ethyl adjacent to an activating group) is 1. The number of amides is 1. The van der Waals surface area contributed by atoms with Gasteiger partial charge >= 0.3 is 0 Å². The molecule has 3 heterocycles. The zero-order valence-corrected chi connectivity index (χ0v) is 24.8. The summed E-state index contributed by atoms with van der Waals surface area (Å²) in [6.45, 7) is 20.3. The van der Waals surface area contributed by atoms with Crippen LogP contribution in [0.3, 0.4) is 0 Å². The first-order chi connectivity index (χ1) is 17.5. The van der Waals surface area contributed by atoms with Crippen LogP contribution in [-0.2, 0) is 22.6 Å². The highest BCUT2D eigenvalue weighted by molar-refractivity contribution is 5.77. The van der Waals surface area contributed by atoms with Crippen molar-refractivity contribution in [1.82, 2.24) is 24.9 Å². The monoisotopic (exact) mass is 511 g/mol. The van der Waals surface area contributed by atoms with Gasteiger partial charge < -0.3 is 25.0 Å². The van der Waals surface area contributed by atoms with E-state index in [0.29, 0.717) is 25.4 Å². The molecule has 36 heavy (non-hydrogen) atoms. The Morgan fingerprint density at radius 3 is 2.19 bits per heavy atom. The Hall–Kier alpha value is -1.77. The van der Waals surface area contributed by atoms with Crippen LogP contribution in [0.4, 0.5) is 0 Å². The van der Waals surface area contributed by atoms with Crippen molar-refractivity contribution in [2.45, 2.75) is 112 Å². The molecule has 2 aliphatic rings. The number of carbonyl (C=O) groups excluding carboxylic acids is 2. The van der Waals surface area contributed by atoms with E-state index < -0.39 is 5.60 Å². The molecule has 2 N–H and O–H groups in total. The zero-order valence-electron chi connectivity index (χ0n) is 24.8. The van der Waals surface area contributed by atoms with E-state index in [0.717, 1.165) is 64.0 Å². The number of hydrogen-bond acceptors (Lipinski definition) is 6. The summed E-state index contributed by atoms with van der Waals surface area (Å²) < 4.78 is 1.74. The van der Waals surface area contributed by atoms with Crippen molar-refractivity contribution in [3.05, 3.63) is 18.0 Å². The average molecular weight is 512 g/mol. The number of nitrogens with one attached hydrogen (secondary N) is 1. The second kappa shape index (κ2) is 22.4. The third-order valence-corrected chi connectivity index (χ3v) is 6.23. The van der Waals surface area contributed by atoms with Crippen LogP contribution in [0.25, 0.3) is 0 Å². The topological polar surface area (TPSA) is 90.7 Å². The van der Waals surface area contributed by atoms with Gasteiger partial charge in [-0.15, -0.1) is 0 Å². The minimum Gasteiger partial charge on any atom is -0.389 e. The molecule has 1 aromatic heterocycles. The first kappa shape index (κ1) is 36.4. The van der Waals surface area contributed by atoms with Crippen molar-refractivity contribution in [2.24, 2.45) is 0 Å². The highest BCUT2D eigenvalue weighted by Gasteiger charge is 2.34. The quantitative estimate of drug-likeness (QED) is 0.510. The molecular weight excluding hydrogens is 454 g/mol. The van der Waals surface area contributed by atoms with Gasteiger partial charge in [0.05, 0.1) is 18.6 Å². The van der Waals surface area contributed by atoms with Crippen LogP contribution in [-0.4, -0.2) is 88.3 Å². The zero-order chi connectivity index (χ0) is 28.0. The van der Waals surface area contributed by atoms with E-state index in [9.17, 15) is 14.7 Å². The van der Waals surface area contributed by atoms with Gasteiger partial charge in [0.15, 0.2) is 0 Å². The molecule has 8 heteroatoms. The number of aromatic nitrogens is 2. The summed E-state index contributed by atoms with van der Waals surface area (Å²) in [5.74, 6) is 0.0864. The van der Waals surface area contributed by atoms with Gasteiger partial charge in [-0.3, -0.25) is 9.48 Å². The molecule has 0 unspecified atom stereocenters. The second-order valence-corrected chi connectivity index (χ2v) is 8.17. The molecule has 0 aliphatic carbocycles. The summed E-state index contributed by atoms with van der Waals surface area (Å²) >= 11 is 0. The minimum absolute atomic E-state index is 0.0864. The molecule has 0 saturated carbocycles. The van der Waals surface area contributed by atoms with Crippen LogP contribution in [0.1, 0.15) is 93.2 Å². The van der Waals surface area contributed by atoms with Crippen molar-refractivity contribution in [2.75, 3.05) is 39.8 Å². The molecule has 0 bridgehead atoms. The predicted octanol–water partition coefficient (Wildman–Crippen LogP) is 4.16. The van der Waals surface area contributed by atoms with Gasteiger partial charge in [-0.25, -0.2) is 0 Å². The predicted molar refractivity (Wildman–Crippen MR) is 151 cm³/mol. The fraction of sp³-hybridized carbons (Fsp3) is 0.821. The second-order valence-electron chi connectivity index (χ2n) is 8.17. The maximum atomic E-state index is 12.6. The molecule has 0 radical (unpaired) electrons. The Morgan fingerprint density at radius 2 is 1.67 bits per heavy atom. The molecule has 1 aromatic rings. The smallest absolute Gasteiger partial charge is 0.225 e. The third-order valence-electron chi connectivity index (χ3n) is 6.23. The number of aliphatic hydroxyl groups is 1. The van der Waals surface area contributed by atoms with Gasteiger partial charge in [-0.1, -0.05) is 55.4 Å². The standard InChI is InChI=1S/C20H33N5O3.4C2H6/c1-23(11-3-18-2-8-22-25(18)14-15-26)17-4-12-24(13-5-17)19(27)16-20(28)6-9-21-10-7-20;4*1-2/h2,8,15,17,21,28H,3-7,9-14,16H2,1H3;4*1-2H3. The number of carbonyl (C=O) groups is 2. The lowest BCUT2D eigenvalue weighted by atomic mass is 9.88. The first-order valence-electron chi connectivity index (χ1n) is 14.4. The molecule has 0 spiro atoms. The van der Waals surface area contributed by atoms with Crippen LogP contribution >= 0.6 is 0 Å². The Balaban J connectivity index is 0. The maximum Gasteiger partial charge on any atom is 0.225 e. The molecular formula is C28H57N5O3. The van der Waals surface area contributed by atoms with Crippen molar-refractivity contribution in [3.63, 3.8) is 0 Å². The number of piperidine rings is 2. The van der Waals surface area contributed by atoms with Crippen molar-refractivity contribution >= 4 is 12.2 Å². The molecule has 3 rings (SSSR count). The highest BCUT2D eigenvalue weighted by atomic mass is 16.3. The van der Waals surface area contributed by atoms with Crippen LogP contribution < -0.4 is 5.32 Å². The summed E-state index contributed by atoms with van der Waals surface area (Å²) in [4.78, 5) is 27.6. The Kier molecular flexibility index (Phi) is 22.7. The van der Waals surface area contributed by atoms with Crippen molar-refractivity contribution < 1.29 is 14.7 Å². The largest absolute Gasteiger partial charge is 0.389 e. The number of nitrogens with zero attached hydrogens (tertiary/aromatic N) is 4. The lowest BCUT2D eigenvalue weighted by Gasteiger charge is -2.39. The van der Waals surface area contributed by atoms with Gasteiger partial charge in [0.1, 0.15) is 6.29 Å². The summed E-state index contributed by atoms with van der Waals surface area (Å²) in [6.07, 6.45) is 6.91. The van der Waals surface area contributed by atoms with E-state index >= 15 is 0 Å². The molecule has 0 aromatic carbocycles. The van der Waals surface area contributed by atoms with Gasteiger partial charge in [-0.2, -0.15) is 5.10 Å². The molecule has 212 valence electrons.